The van der Waals surface area contributed by atoms with Crippen LogP contribution in [0, 0.1) is 0 Å². The average molecular weight is 559 g/mol. The molecule has 0 spiro atoms. The number of hydrogen-bond donors (Lipinski definition) is 4. The summed E-state index contributed by atoms with van der Waals surface area (Å²) in [5.41, 5.74) is 1.29. The lowest BCUT2D eigenvalue weighted by molar-refractivity contribution is -0.170. The summed E-state index contributed by atoms with van der Waals surface area (Å²) in [6, 6.07) is 15.9. The largest absolute Gasteiger partial charge is 0.497 e. The van der Waals surface area contributed by atoms with Crippen molar-refractivity contribution in [2.45, 2.75) is 32.3 Å². The zero-order chi connectivity index (χ0) is 30.5. The van der Waals surface area contributed by atoms with E-state index in [1.807, 2.05) is 75.3 Å². The van der Waals surface area contributed by atoms with E-state index in [0.717, 1.165) is 47.6 Å². The summed E-state index contributed by atoms with van der Waals surface area (Å²) in [5.74, 6) is -4.11. The summed E-state index contributed by atoms with van der Waals surface area (Å²) in [6.45, 7) is 6.26. The van der Waals surface area contributed by atoms with E-state index in [2.05, 4.69) is 17.0 Å². The molecule has 0 saturated carbocycles. The highest BCUT2D eigenvalue weighted by molar-refractivity contribution is 5.95. The van der Waals surface area contributed by atoms with E-state index in [0.29, 0.717) is 0 Å². The van der Waals surface area contributed by atoms with Gasteiger partial charge in [0, 0.05) is 25.2 Å². The molecule has 4 N–H and O–H groups in total. The minimum Gasteiger partial charge on any atom is -0.497 e. The van der Waals surface area contributed by atoms with Crippen LogP contribution >= 0.6 is 0 Å². The Morgan fingerprint density at radius 2 is 1.38 bits per heavy atom. The number of aliphatic hydroxyl groups is 1. The van der Waals surface area contributed by atoms with Crippen LogP contribution in [-0.2, 0) is 14.4 Å². The molecule has 11 heteroatoms. The lowest BCUT2D eigenvalue weighted by Gasteiger charge is -2.19. The van der Waals surface area contributed by atoms with Crippen LogP contribution < -0.4 is 4.74 Å². The monoisotopic (exact) mass is 558 g/mol. The fourth-order valence-electron chi connectivity index (χ4n) is 3.67. The molecule has 1 amide bonds. The van der Waals surface area contributed by atoms with Crippen LogP contribution in [0.3, 0.4) is 0 Å². The maximum Gasteiger partial charge on any atom is 0.336 e. The second kappa shape index (κ2) is 16.0. The number of methoxy groups -OCH3 is 1. The fourth-order valence-corrected chi connectivity index (χ4v) is 3.67. The van der Waals surface area contributed by atoms with E-state index in [-0.39, 0.29) is 5.91 Å². The summed E-state index contributed by atoms with van der Waals surface area (Å²) >= 11 is 0. The minimum atomic E-state index is -2.74. The van der Waals surface area contributed by atoms with Crippen LogP contribution in [0.4, 0.5) is 0 Å². The van der Waals surface area contributed by atoms with Gasteiger partial charge in [-0.15, -0.1) is 0 Å². The SMILES string of the molecule is CCN(CC)C(=O)c1ccc(/C(=C\CN(C)C)c2cccc(OC)c2)cc1.O=C(O)CC(O)(CC(=O)O)C(=O)O. The normalized spacial score (nSPS) is 11.3. The Morgan fingerprint density at radius 3 is 1.80 bits per heavy atom. The standard InChI is InChI=1S/C23H30N2O2.C6H8O7/c1-6-25(7-2)23(26)19-13-11-18(12-14-19)22(15-16-24(3)4)20-9-8-10-21(17-20)27-5;7-3(8)1-6(13,5(11)12)2-4(9)10/h8-15,17H,6-7,16H2,1-5H3;13H,1-2H2,(H,7,8)(H,9,10)(H,11,12)/b22-15+;. The van der Waals surface area contributed by atoms with Crippen molar-refractivity contribution in [1.82, 2.24) is 9.80 Å². The predicted molar refractivity (Wildman–Crippen MR) is 149 cm³/mol. The highest BCUT2D eigenvalue weighted by Crippen LogP contribution is 2.27. The predicted octanol–water partition coefficient (Wildman–Crippen LogP) is 2.92. The molecule has 0 unspecified atom stereocenters. The van der Waals surface area contributed by atoms with Gasteiger partial charge in [-0.05, 0) is 68.9 Å². The molecule has 0 aliphatic heterocycles. The fraction of sp³-hybridized carbons (Fsp3) is 0.379. The number of ether oxygens (including phenoxy) is 1. The average Bonchev–Trinajstić information content (AvgIpc) is 2.89. The Labute approximate surface area is 233 Å². The van der Waals surface area contributed by atoms with Crippen LogP contribution in [-0.4, -0.2) is 100 Å². The number of amides is 1. The van der Waals surface area contributed by atoms with Crippen LogP contribution in [0.15, 0.2) is 54.6 Å². The van der Waals surface area contributed by atoms with E-state index in [9.17, 15) is 19.2 Å². The molecule has 218 valence electrons. The highest BCUT2D eigenvalue weighted by Gasteiger charge is 2.40. The van der Waals surface area contributed by atoms with Gasteiger partial charge in [0.15, 0.2) is 5.60 Å². The summed E-state index contributed by atoms with van der Waals surface area (Å²) < 4.78 is 5.38. The van der Waals surface area contributed by atoms with Crippen molar-refractivity contribution in [3.63, 3.8) is 0 Å². The number of rotatable bonds is 13. The van der Waals surface area contributed by atoms with Gasteiger partial charge in [-0.25, -0.2) is 4.79 Å². The van der Waals surface area contributed by atoms with Gasteiger partial charge in [0.1, 0.15) is 5.75 Å². The zero-order valence-corrected chi connectivity index (χ0v) is 23.5. The second-order valence-electron chi connectivity index (χ2n) is 9.14. The van der Waals surface area contributed by atoms with Crippen molar-refractivity contribution in [2.75, 3.05) is 40.8 Å². The molecule has 0 atom stereocenters. The maximum absolute atomic E-state index is 12.5. The molecule has 0 saturated heterocycles. The van der Waals surface area contributed by atoms with Gasteiger partial charge in [-0.3, -0.25) is 14.4 Å². The molecule has 0 fully saturated rings. The van der Waals surface area contributed by atoms with Crippen LogP contribution in [0.2, 0.25) is 0 Å². The lowest BCUT2D eigenvalue weighted by atomic mass is 9.96. The lowest BCUT2D eigenvalue weighted by Crippen LogP contribution is -2.42. The number of benzene rings is 2. The van der Waals surface area contributed by atoms with Crippen molar-refractivity contribution in [1.29, 1.82) is 0 Å². The molecule has 0 bridgehead atoms. The summed E-state index contributed by atoms with van der Waals surface area (Å²) in [4.78, 5) is 47.0. The number of carboxylic acid groups (broad SMARTS) is 3. The summed E-state index contributed by atoms with van der Waals surface area (Å²) in [7, 11) is 5.77. The quantitative estimate of drug-likeness (QED) is 0.287. The van der Waals surface area contributed by atoms with E-state index < -0.39 is 36.4 Å². The zero-order valence-electron chi connectivity index (χ0n) is 23.5. The Morgan fingerprint density at radius 1 is 0.850 bits per heavy atom. The smallest absolute Gasteiger partial charge is 0.336 e. The number of hydrogen-bond acceptors (Lipinski definition) is 7. The minimum absolute atomic E-state index is 0.0757. The number of carbonyl (C=O) groups is 4. The van der Waals surface area contributed by atoms with Gasteiger partial charge < -0.3 is 35.0 Å². The van der Waals surface area contributed by atoms with Crippen molar-refractivity contribution < 1.29 is 44.3 Å². The molecular weight excluding hydrogens is 520 g/mol. The first kappa shape index (κ1) is 33.8. The van der Waals surface area contributed by atoms with Gasteiger partial charge in [-0.2, -0.15) is 0 Å². The first-order chi connectivity index (χ1) is 18.8. The molecule has 0 radical (unpaired) electrons. The van der Waals surface area contributed by atoms with Gasteiger partial charge in [-0.1, -0.05) is 30.3 Å². The van der Waals surface area contributed by atoms with Crippen LogP contribution in [0.5, 0.6) is 5.75 Å². The third-order valence-corrected chi connectivity index (χ3v) is 5.82. The third kappa shape index (κ3) is 10.5. The Hall–Kier alpha value is -4.22. The number of aliphatic carboxylic acids is 3. The van der Waals surface area contributed by atoms with Gasteiger partial charge in [0.05, 0.1) is 20.0 Å². The number of carboxylic acids is 3. The van der Waals surface area contributed by atoms with E-state index in [1.165, 1.54) is 0 Å². The van der Waals surface area contributed by atoms with Crippen molar-refractivity contribution in [3.8, 4) is 5.75 Å². The van der Waals surface area contributed by atoms with Crippen LogP contribution in [0.25, 0.3) is 5.57 Å². The molecule has 0 aliphatic carbocycles. The first-order valence-corrected chi connectivity index (χ1v) is 12.6. The van der Waals surface area contributed by atoms with Gasteiger partial charge in [0.2, 0.25) is 0 Å². The molecule has 11 nitrogen and oxygen atoms in total. The van der Waals surface area contributed by atoms with E-state index >= 15 is 0 Å². The van der Waals surface area contributed by atoms with Gasteiger partial charge in [0.25, 0.3) is 5.91 Å². The summed E-state index contributed by atoms with van der Waals surface area (Å²) in [5, 5.41) is 33.8. The molecule has 0 aromatic heterocycles. The molecule has 2 aromatic rings. The molecule has 0 aliphatic rings. The molecule has 40 heavy (non-hydrogen) atoms. The maximum atomic E-state index is 12.5. The number of likely N-dealkylation sites (N-methyl/N-ethyl adjacent to an activating group) is 1. The highest BCUT2D eigenvalue weighted by atomic mass is 16.5. The first-order valence-electron chi connectivity index (χ1n) is 12.6. The Kier molecular flexibility index (Phi) is 13.5. The Balaban J connectivity index is 0.000000520. The molecule has 2 aromatic carbocycles. The third-order valence-electron chi connectivity index (χ3n) is 5.82. The number of nitrogens with zero attached hydrogens (tertiary/aromatic N) is 2. The van der Waals surface area contributed by atoms with Crippen LogP contribution in [0.1, 0.15) is 48.2 Å². The second-order valence-corrected chi connectivity index (χ2v) is 9.14. The number of carbonyl (C=O) groups excluding carboxylic acids is 1. The van der Waals surface area contributed by atoms with E-state index in [1.54, 1.807) is 7.11 Å². The molecule has 0 heterocycles. The van der Waals surface area contributed by atoms with E-state index in [4.69, 9.17) is 25.2 Å². The van der Waals surface area contributed by atoms with Crippen molar-refractivity contribution >= 4 is 29.4 Å². The van der Waals surface area contributed by atoms with Crippen molar-refractivity contribution in [3.05, 3.63) is 71.3 Å². The summed E-state index contributed by atoms with van der Waals surface area (Å²) in [6.07, 6.45) is -0.0841. The van der Waals surface area contributed by atoms with Crippen molar-refractivity contribution in [2.24, 2.45) is 0 Å². The Bertz CT molecular complexity index is 1170. The topological polar surface area (TPSA) is 165 Å². The molecular formula is C29H38N2O9. The van der Waals surface area contributed by atoms with Gasteiger partial charge >= 0.3 is 17.9 Å². The molecule has 2 rings (SSSR count).